The van der Waals surface area contributed by atoms with Crippen molar-refractivity contribution in [3.63, 3.8) is 0 Å². The van der Waals surface area contributed by atoms with Crippen molar-refractivity contribution in [2.45, 2.75) is 45.3 Å². The fraction of sp³-hybridized carbons (Fsp3) is 0.778. The Labute approximate surface area is 82.7 Å². The van der Waals surface area contributed by atoms with Gasteiger partial charge in [0.2, 0.25) is 0 Å². The summed E-state index contributed by atoms with van der Waals surface area (Å²) >= 11 is 0. The summed E-state index contributed by atoms with van der Waals surface area (Å²) in [4.78, 5) is 21.3. The second-order valence-corrected chi connectivity index (χ2v) is 3.48. The molecule has 0 amide bonds. The highest BCUT2D eigenvalue weighted by molar-refractivity contribution is 5.75. The molecule has 14 heavy (non-hydrogen) atoms. The van der Waals surface area contributed by atoms with Gasteiger partial charge in [0.25, 0.3) is 0 Å². The van der Waals surface area contributed by atoms with Crippen LogP contribution in [0.15, 0.2) is 0 Å². The molecule has 0 aliphatic carbocycles. The maximum absolute atomic E-state index is 10.9. The van der Waals surface area contributed by atoms with Crippen molar-refractivity contribution in [3.05, 3.63) is 0 Å². The molecule has 0 saturated carbocycles. The Bertz CT molecular complexity index is 233. The molecule has 0 aromatic carbocycles. The van der Waals surface area contributed by atoms with E-state index in [4.69, 9.17) is 9.84 Å². The van der Waals surface area contributed by atoms with E-state index in [0.29, 0.717) is 0 Å². The van der Waals surface area contributed by atoms with Crippen molar-refractivity contribution >= 4 is 11.9 Å². The molecule has 1 aliphatic rings. The first-order valence-electron chi connectivity index (χ1n) is 4.05. The van der Waals surface area contributed by atoms with Crippen molar-refractivity contribution in [1.82, 2.24) is 0 Å². The molecule has 0 spiro atoms. The van der Waals surface area contributed by atoms with E-state index in [1.807, 2.05) is 0 Å². The molecule has 1 heterocycles. The largest absolute Gasteiger partial charge is 0.481 e. The summed E-state index contributed by atoms with van der Waals surface area (Å²) in [6.07, 6.45) is -0.869. The number of hydrogen-bond acceptors (Lipinski definition) is 4. The molecule has 1 fully saturated rings. The summed E-state index contributed by atoms with van der Waals surface area (Å²) in [5, 5.41) is 18.2. The predicted molar refractivity (Wildman–Crippen MR) is 48.7 cm³/mol. The van der Waals surface area contributed by atoms with Crippen LogP contribution < -0.4 is 0 Å². The Morgan fingerprint density at radius 2 is 2.29 bits per heavy atom. The van der Waals surface area contributed by atoms with Crippen LogP contribution in [-0.4, -0.2) is 33.9 Å². The van der Waals surface area contributed by atoms with Crippen molar-refractivity contribution < 1.29 is 24.5 Å². The topological polar surface area (TPSA) is 83.8 Å². The van der Waals surface area contributed by atoms with E-state index in [1.165, 1.54) is 0 Å². The Kier molecular flexibility index (Phi) is 4.07. The molecule has 5 nitrogen and oxygen atoms in total. The van der Waals surface area contributed by atoms with Gasteiger partial charge in [-0.1, -0.05) is 7.43 Å². The lowest BCUT2D eigenvalue weighted by Crippen LogP contribution is -2.43. The zero-order valence-corrected chi connectivity index (χ0v) is 7.32. The first-order valence-corrected chi connectivity index (χ1v) is 4.05. The van der Waals surface area contributed by atoms with Gasteiger partial charge in [-0.2, -0.15) is 0 Å². The number of carboxylic acids is 1. The maximum atomic E-state index is 10.9. The molecule has 0 aromatic heterocycles. The molecule has 5 heteroatoms. The molecule has 0 aromatic rings. The second kappa shape index (κ2) is 4.41. The smallest absolute Gasteiger partial charge is 0.308 e. The lowest BCUT2D eigenvalue weighted by molar-refractivity contribution is -0.171. The molecule has 0 radical (unpaired) electrons. The van der Waals surface area contributed by atoms with Gasteiger partial charge in [0.1, 0.15) is 6.10 Å². The van der Waals surface area contributed by atoms with Gasteiger partial charge in [-0.15, -0.1) is 0 Å². The Hall–Kier alpha value is -1.10. The first-order chi connectivity index (χ1) is 5.91. The van der Waals surface area contributed by atoms with Crippen molar-refractivity contribution in [2.75, 3.05) is 0 Å². The molecule has 2 unspecified atom stereocenters. The fourth-order valence-corrected chi connectivity index (χ4v) is 1.60. The number of carbonyl (C=O) groups is 2. The van der Waals surface area contributed by atoms with E-state index >= 15 is 0 Å². The van der Waals surface area contributed by atoms with Gasteiger partial charge < -0.3 is 14.9 Å². The Morgan fingerprint density at radius 3 is 2.71 bits per heavy atom. The third kappa shape index (κ3) is 3.33. The van der Waals surface area contributed by atoms with Crippen LogP contribution >= 0.6 is 0 Å². The van der Waals surface area contributed by atoms with Crippen LogP contribution in [0.1, 0.15) is 33.6 Å². The maximum Gasteiger partial charge on any atom is 0.308 e. The summed E-state index contributed by atoms with van der Waals surface area (Å²) < 4.78 is 4.77. The summed E-state index contributed by atoms with van der Waals surface area (Å²) in [5.74, 6) is -1.65. The van der Waals surface area contributed by atoms with Crippen LogP contribution in [0.25, 0.3) is 0 Å². The van der Waals surface area contributed by atoms with Gasteiger partial charge in [-0.25, -0.2) is 0 Å². The van der Waals surface area contributed by atoms with Crippen LogP contribution in [0.3, 0.4) is 0 Å². The molecule has 1 saturated heterocycles. The number of cyclic esters (lactones) is 1. The molecule has 2 N–H and O–H groups in total. The monoisotopic (exact) mass is 204 g/mol. The minimum Gasteiger partial charge on any atom is -0.481 e. The number of ether oxygens (including phenoxy) is 1. The van der Waals surface area contributed by atoms with Crippen LogP contribution in [0.2, 0.25) is 0 Å². The molecule has 82 valence electrons. The standard InChI is InChI=1S/C8H12O5.CH4/c1-5-2-8(12,3-6(9)10)4-7(11)13-5;/h5,12H,2-4H2,1H3,(H,9,10);1H4. The number of rotatable bonds is 2. The molecular formula is C9H16O5. The Balaban J connectivity index is 0.00000169. The number of carbonyl (C=O) groups excluding carboxylic acids is 1. The average Bonchev–Trinajstić information content (AvgIpc) is 1.77. The predicted octanol–water partition coefficient (Wildman–Crippen LogP) is 0.554. The summed E-state index contributed by atoms with van der Waals surface area (Å²) in [6, 6.07) is 0. The normalized spacial score (nSPS) is 31.6. The molecule has 0 bridgehead atoms. The third-order valence-corrected chi connectivity index (χ3v) is 1.95. The second-order valence-electron chi connectivity index (χ2n) is 3.48. The van der Waals surface area contributed by atoms with E-state index in [-0.39, 0.29) is 20.3 Å². The quantitative estimate of drug-likeness (QED) is 0.642. The van der Waals surface area contributed by atoms with E-state index in [2.05, 4.69) is 0 Å². The summed E-state index contributed by atoms with van der Waals surface area (Å²) in [6.45, 7) is 1.63. The minimum absolute atomic E-state index is 0. The van der Waals surface area contributed by atoms with Gasteiger partial charge in [0.05, 0.1) is 18.4 Å². The lowest BCUT2D eigenvalue weighted by atomic mass is 9.87. The third-order valence-electron chi connectivity index (χ3n) is 1.95. The SMILES string of the molecule is C.CC1CC(O)(CC(=O)O)CC(=O)O1. The van der Waals surface area contributed by atoms with E-state index < -0.39 is 30.1 Å². The number of esters is 1. The van der Waals surface area contributed by atoms with Crippen molar-refractivity contribution in [1.29, 1.82) is 0 Å². The number of carboxylic acid groups (broad SMARTS) is 1. The Morgan fingerprint density at radius 1 is 1.71 bits per heavy atom. The van der Waals surface area contributed by atoms with Crippen molar-refractivity contribution in [3.8, 4) is 0 Å². The van der Waals surface area contributed by atoms with Crippen LogP contribution in [-0.2, 0) is 14.3 Å². The zero-order valence-electron chi connectivity index (χ0n) is 7.32. The summed E-state index contributed by atoms with van der Waals surface area (Å²) in [5.41, 5.74) is -1.43. The number of aliphatic hydroxyl groups is 1. The minimum atomic E-state index is -1.43. The van der Waals surface area contributed by atoms with Gasteiger partial charge in [-0.3, -0.25) is 9.59 Å². The summed E-state index contributed by atoms with van der Waals surface area (Å²) in [7, 11) is 0. The first kappa shape index (κ1) is 12.9. The average molecular weight is 204 g/mol. The molecule has 1 aliphatic heterocycles. The molecule has 2 atom stereocenters. The fourth-order valence-electron chi connectivity index (χ4n) is 1.60. The van der Waals surface area contributed by atoms with Gasteiger partial charge >= 0.3 is 11.9 Å². The lowest BCUT2D eigenvalue weighted by Gasteiger charge is -2.33. The van der Waals surface area contributed by atoms with Gasteiger partial charge in [0.15, 0.2) is 0 Å². The van der Waals surface area contributed by atoms with E-state index in [1.54, 1.807) is 6.92 Å². The highest BCUT2D eigenvalue weighted by Crippen LogP contribution is 2.28. The number of aliphatic carboxylic acids is 1. The van der Waals surface area contributed by atoms with E-state index in [9.17, 15) is 14.7 Å². The van der Waals surface area contributed by atoms with Crippen molar-refractivity contribution in [2.24, 2.45) is 0 Å². The van der Waals surface area contributed by atoms with Gasteiger partial charge in [0, 0.05) is 6.42 Å². The molecule has 1 rings (SSSR count). The van der Waals surface area contributed by atoms with Crippen LogP contribution in [0.4, 0.5) is 0 Å². The highest BCUT2D eigenvalue weighted by Gasteiger charge is 2.39. The highest BCUT2D eigenvalue weighted by atomic mass is 16.5. The number of hydrogen-bond donors (Lipinski definition) is 2. The van der Waals surface area contributed by atoms with Gasteiger partial charge in [-0.05, 0) is 6.92 Å². The zero-order chi connectivity index (χ0) is 10.1. The van der Waals surface area contributed by atoms with Crippen LogP contribution in [0.5, 0.6) is 0 Å². The molecular weight excluding hydrogens is 188 g/mol. The van der Waals surface area contributed by atoms with E-state index in [0.717, 1.165) is 0 Å². The van der Waals surface area contributed by atoms with Crippen LogP contribution in [0, 0.1) is 0 Å².